The van der Waals surface area contributed by atoms with E-state index in [2.05, 4.69) is 5.32 Å². The van der Waals surface area contributed by atoms with E-state index in [1.165, 1.54) is 12.1 Å². The summed E-state index contributed by atoms with van der Waals surface area (Å²) >= 11 is 0. The van der Waals surface area contributed by atoms with E-state index in [0.29, 0.717) is 26.1 Å². The Kier molecular flexibility index (Phi) is 6.46. The highest BCUT2D eigenvalue weighted by Gasteiger charge is 2.32. The van der Waals surface area contributed by atoms with Gasteiger partial charge in [0.05, 0.1) is 11.5 Å². The van der Waals surface area contributed by atoms with Crippen molar-refractivity contribution in [3.05, 3.63) is 35.4 Å². The molecule has 3 amide bonds. The molecule has 5 nitrogen and oxygen atoms in total. The first-order chi connectivity index (χ1) is 13.3. The van der Waals surface area contributed by atoms with Crippen LogP contribution in [-0.4, -0.2) is 54.5 Å². The molecule has 0 aromatic heterocycles. The first-order valence-electron chi connectivity index (χ1n) is 9.82. The van der Waals surface area contributed by atoms with Crippen molar-refractivity contribution in [2.45, 2.75) is 38.3 Å². The van der Waals surface area contributed by atoms with Crippen LogP contribution in [-0.2, 0) is 17.4 Å². The summed E-state index contributed by atoms with van der Waals surface area (Å²) in [7, 11) is 0. The van der Waals surface area contributed by atoms with Crippen LogP contribution in [0.4, 0.5) is 18.0 Å². The van der Waals surface area contributed by atoms with Gasteiger partial charge in [-0.15, -0.1) is 0 Å². The van der Waals surface area contributed by atoms with Gasteiger partial charge in [0.2, 0.25) is 5.91 Å². The molecule has 0 spiro atoms. The maximum absolute atomic E-state index is 12.6. The van der Waals surface area contributed by atoms with Gasteiger partial charge in [-0.3, -0.25) is 4.79 Å². The van der Waals surface area contributed by atoms with E-state index in [9.17, 15) is 22.8 Å². The zero-order valence-corrected chi connectivity index (χ0v) is 15.8. The van der Waals surface area contributed by atoms with Crippen LogP contribution in [0.5, 0.6) is 0 Å². The molecule has 1 aromatic rings. The van der Waals surface area contributed by atoms with Crippen molar-refractivity contribution in [2.24, 2.45) is 5.92 Å². The van der Waals surface area contributed by atoms with Crippen molar-refractivity contribution in [3.8, 4) is 0 Å². The molecule has 3 rings (SSSR count). The van der Waals surface area contributed by atoms with Crippen molar-refractivity contribution in [2.75, 3.05) is 32.7 Å². The summed E-state index contributed by atoms with van der Waals surface area (Å²) < 4.78 is 37.7. The van der Waals surface area contributed by atoms with Gasteiger partial charge >= 0.3 is 12.2 Å². The molecule has 0 aliphatic carbocycles. The fourth-order valence-electron chi connectivity index (χ4n) is 3.81. The van der Waals surface area contributed by atoms with E-state index in [-0.39, 0.29) is 17.9 Å². The monoisotopic (exact) mass is 397 g/mol. The third-order valence-electron chi connectivity index (χ3n) is 5.43. The fraction of sp³-hybridized carbons (Fsp3) is 0.600. The number of rotatable bonds is 4. The van der Waals surface area contributed by atoms with Crippen LogP contribution in [0, 0.1) is 5.92 Å². The number of amides is 3. The topological polar surface area (TPSA) is 52.7 Å². The Morgan fingerprint density at radius 2 is 1.64 bits per heavy atom. The highest BCUT2D eigenvalue weighted by atomic mass is 19.4. The molecule has 2 heterocycles. The Hall–Kier alpha value is -2.25. The molecule has 0 saturated carbocycles. The van der Waals surface area contributed by atoms with Gasteiger partial charge in [0.1, 0.15) is 0 Å². The number of nitrogens with one attached hydrogen (secondary N) is 1. The SMILES string of the molecule is O=C(NCCc1ccc(C(F)(F)F)cc1)[C@H]1CCCN(C(=O)N2CCCC2)C1. The number of piperidine rings is 1. The minimum atomic E-state index is -4.34. The van der Waals surface area contributed by atoms with Crippen LogP contribution < -0.4 is 5.32 Å². The molecular weight excluding hydrogens is 371 g/mol. The summed E-state index contributed by atoms with van der Waals surface area (Å²) in [4.78, 5) is 28.6. The molecule has 2 aliphatic heterocycles. The standard InChI is InChI=1S/C20H26F3N3O2/c21-20(22,23)17-7-5-15(6-8-17)9-10-24-18(27)16-4-3-13-26(14-16)19(28)25-11-1-2-12-25/h5-8,16H,1-4,9-14H2,(H,24,27)/t16-/m0/s1. The zero-order chi connectivity index (χ0) is 20.1. The lowest BCUT2D eigenvalue weighted by Crippen LogP contribution is -2.49. The van der Waals surface area contributed by atoms with Gasteiger partial charge in [-0.25, -0.2) is 4.79 Å². The molecule has 2 fully saturated rings. The molecule has 1 atom stereocenters. The first kappa shape index (κ1) is 20.5. The Bertz CT molecular complexity index is 685. The number of hydrogen-bond acceptors (Lipinski definition) is 2. The molecule has 154 valence electrons. The van der Waals surface area contributed by atoms with Crippen LogP contribution >= 0.6 is 0 Å². The number of halogens is 3. The Balaban J connectivity index is 1.44. The largest absolute Gasteiger partial charge is 0.416 e. The molecule has 1 N–H and O–H groups in total. The number of carbonyl (C=O) groups excluding carboxylic acids is 2. The lowest BCUT2D eigenvalue weighted by molar-refractivity contribution is -0.137. The van der Waals surface area contributed by atoms with Gasteiger partial charge in [0, 0.05) is 32.7 Å². The third kappa shape index (κ3) is 5.17. The quantitative estimate of drug-likeness (QED) is 0.848. The lowest BCUT2D eigenvalue weighted by Gasteiger charge is -2.34. The molecule has 2 saturated heterocycles. The fourth-order valence-corrected chi connectivity index (χ4v) is 3.81. The van der Waals surface area contributed by atoms with Crippen molar-refractivity contribution in [1.82, 2.24) is 15.1 Å². The Morgan fingerprint density at radius 1 is 1.00 bits per heavy atom. The highest BCUT2D eigenvalue weighted by Crippen LogP contribution is 2.29. The number of urea groups is 1. The van der Waals surface area contributed by atoms with Crippen molar-refractivity contribution in [3.63, 3.8) is 0 Å². The van der Waals surface area contributed by atoms with E-state index >= 15 is 0 Å². The number of benzene rings is 1. The Labute approximate surface area is 162 Å². The van der Waals surface area contributed by atoms with Crippen LogP contribution in [0.1, 0.15) is 36.8 Å². The summed E-state index contributed by atoms with van der Waals surface area (Å²) in [5.74, 6) is -0.321. The maximum atomic E-state index is 12.6. The summed E-state index contributed by atoms with van der Waals surface area (Å²) in [6.07, 6.45) is -0.257. The maximum Gasteiger partial charge on any atom is 0.416 e. The van der Waals surface area contributed by atoms with E-state index in [1.807, 2.05) is 4.90 Å². The van der Waals surface area contributed by atoms with E-state index in [4.69, 9.17) is 0 Å². The van der Waals surface area contributed by atoms with E-state index < -0.39 is 11.7 Å². The van der Waals surface area contributed by atoms with Crippen molar-refractivity contribution in [1.29, 1.82) is 0 Å². The summed E-state index contributed by atoms with van der Waals surface area (Å²) in [6.45, 7) is 3.06. The number of nitrogens with zero attached hydrogens (tertiary/aromatic N) is 2. The normalized spacial score (nSPS) is 20.3. The molecule has 0 bridgehead atoms. The van der Waals surface area contributed by atoms with Crippen LogP contribution in [0.3, 0.4) is 0 Å². The second-order valence-corrected chi connectivity index (χ2v) is 7.50. The number of carbonyl (C=O) groups is 2. The summed E-state index contributed by atoms with van der Waals surface area (Å²) in [5, 5.41) is 2.86. The first-order valence-corrected chi connectivity index (χ1v) is 9.82. The molecule has 28 heavy (non-hydrogen) atoms. The average molecular weight is 397 g/mol. The van der Waals surface area contributed by atoms with Crippen LogP contribution in [0.25, 0.3) is 0 Å². The van der Waals surface area contributed by atoms with Gasteiger partial charge in [-0.2, -0.15) is 13.2 Å². The average Bonchev–Trinajstić information content (AvgIpc) is 3.22. The molecule has 8 heteroatoms. The van der Waals surface area contributed by atoms with E-state index in [1.54, 1.807) is 4.90 Å². The molecular formula is C20H26F3N3O2. The van der Waals surface area contributed by atoms with E-state index in [0.717, 1.165) is 56.5 Å². The molecule has 0 radical (unpaired) electrons. The van der Waals surface area contributed by atoms with Gasteiger partial charge in [0.15, 0.2) is 0 Å². The Morgan fingerprint density at radius 3 is 2.29 bits per heavy atom. The third-order valence-corrected chi connectivity index (χ3v) is 5.43. The van der Waals surface area contributed by atoms with Gasteiger partial charge in [-0.1, -0.05) is 12.1 Å². The molecule has 1 aromatic carbocycles. The predicted molar refractivity (Wildman–Crippen MR) is 98.7 cm³/mol. The summed E-state index contributed by atoms with van der Waals surface area (Å²) in [6, 6.07) is 5.01. The second-order valence-electron chi connectivity index (χ2n) is 7.50. The lowest BCUT2D eigenvalue weighted by atomic mass is 9.97. The van der Waals surface area contributed by atoms with Crippen LogP contribution in [0.15, 0.2) is 24.3 Å². The molecule has 0 unspecified atom stereocenters. The smallest absolute Gasteiger partial charge is 0.355 e. The second kappa shape index (κ2) is 8.84. The number of hydrogen-bond donors (Lipinski definition) is 1. The highest BCUT2D eigenvalue weighted by molar-refractivity contribution is 5.81. The van der Waals surface area contributed by atoms with Crippen molar-refractivity contribution < 1.29 is 22.8 Å². The van der Waals surface area contributed by atoms with Gasteiger partial charge in [-0.05, 0) is 49.8 Å². The minimum Gasteiger partial charge on any atom is -0.355 e. The number of likely N-dealkylation sites (tertiary alicyclic amines) is 2. The molecule has 2 aliphatic rings. The van der Waals surface area contributed by atoms with Gasteiger partial charge < -0.3 is 15.1 Å². The van der Waals surface area contributed by atoms with Crippen LogP contribution in [0.2, 0.25) is 0 Å². The minimum absolute atomic E-state index is 0.0276. The van der Waals surface area contributed by atoms with Crippen molar-refractivity contribution >= 4 is 11.9 Å². The van der Waals surface area contributed by atoms with Gasteiger partial charge in [0.25, 0.3) is 0 Å². The summed E-state index contributed by atoms with van der Waals surface area (Å²) in [5.41, 5.74) is 0.0630. The predicted octanol–water partition coefficient (Wildman–Crippen LogP) is 3.29. The zero-order valence-electron chi connectivity index (χ0n) is 15.8. The number of alkyl halides is 3.